The fraction of sp³-hybridized carbons (Fsp3) is 1.00. The van der Waals surface area contributed by atoms with Gasteiger partial charge in [0.2, 0.25) is 0 Å². The van der Waals surface area contributed by atoms with Crippen LogP contribution in [-0.4, -0.2) is 50.1 Å². The zero-order chi connectivity index (χ0) is 10.8. The van der Waals surface area contributed by atoms with E-state index in [4.69, 9.17) is 0 Å². The van der Waals surface area contributed by atoms with Crippen molar-refractivity contribution in [2.75, 3.05) is 40.3 Å². The Morgan fingerprint density at radius 2 is 1.79 bits per heavy atom. The second-order valence-corrected chi connectivity index (χ2v) is 5.98. The van der Waals surface area contributed by atoms with Crippen molar-refractivity contribution >= 4 is 0 Å². The SMILES string of the molecule is CN(C)CCCN1CC(C(C)(C)C)C1. The Bertz CT molecular complexity index is 164. The molecule has 0 amide bonds. The molecule has 2 heteroatoms. The van der Waals surface area contributed by atoms with Crippen molar-refractivity contribution in [1.29, 1.82) is 0 Å². The van der Waals surface area contributed by atoms with Gasteiger partial charge in [-0.05, 0) is 44.9 Å². The molecule has 1 heterocycles. The topological polar surface area (TPSA) is 6.48 Å². The highest BCUT2D eigenvalue weighted by Gasteiger charge is 2.34. The average Bonchev–Trinajstić information content (AvgIpc) is 1.90. The van der Waals surface area contributed by atoms with E-state index in [1.54, 1.807) is 0 Å². The molecule has 0 atom stereocenters. The first-order chi connectivity index (χ1) is 6.39. The number of likely N-dealkylation sites (tertiary alicyclic amines) is 1. The molecule has 0 saturated carbocycles. The van der Waals surface area contributed by atoms with E-state index in [9.17, 15) is 0 Å². The molecule has 84 valence electrons. The Hall–Kier alpha value is -0.0800. The normalized spacial score (nSPS) is 20.1. The molecule has 0 aliphatic carbocycles. The van der Waals surface area contributed by atoms with E-state index < -0.39 is 0 Å². The van der Waals surface area contributed by atoms with Gasteiger partial charge in [-0.25, -0.2) is 0 Å². The summed E-state index contributed by atoms with van der Waals surface area (Å²) in [5, 5.41) is 0. The van der Waals surface area contributed by atoms with Gasteiger partial charge in [-0.3, -0.25) is 0 Å². The largest absolute Gasteiger partial charge is 0.309 e. The minimum Gasteiger partial charge on any atom is -0.309 e. The molecule has 1 aliphatic rings. The molecule has 0 unspecified atom stereocenters. The fourth-order valence-electron chi connectivity index (χ4n) is 1.91. The van der Waals surface area contributed by atoms with Crippen molar-refractivity contribution in [2.45, 2.75) is 27.2 Å². The Morgan fingerprint density at radius 1 is 1.21 bits per heavy atom. The molecule has 0 bridgehead atoms. The van der Waals surface area contributed by atoms with Gasteiger partial charge in [-0.2, -0.15) is 0 Å². The summed E-state index contributed by atoms with van der Waals surface area (Å²) in [7, 11) is 4.29. The summed E-state index contributed by atoms with van der Waals surface area (Å²) >= 11 is 0. The van der Waals surface area contributed by atoms with Gasteiger partial charge in [-0.1, -0.05) is 20.8 Å². The standard InChI is InChI=1S/C12H26N2/c1-12(2,3)11-9-14(10-11)8-6-7-13(4)5/h11H,6-10H2,1-5H3. The van der Waals surface area contributed by atoms with Crippen LogP contribution in [-0.2, 0) is 0 Å². The molecule has 1 saturated heterocycles. The van der Waals surface area contributed by atoms with E-state index in [-0.39, 0.29) is 0 Å². The van der Waals surface area contributed by atoms with Crippen LogP contribution in [0.25, 0.3) is 0 Å². The van der Waals surface area contributed by atoms with Crippen LogP contribution in [0.3, 0.4) is 0 Å². The quantitative estimate of drug-likeness (QED) is 0.681. The first-order valence-corrected chi connectivity index (χ1v) is 5.76. The number of rotatable bonds is 4. The van der Waals surface area contributed by atoms with E-state index in [0.29, 0.717) is 5.41 Å². The third-order valence-electron chi connectivity index (χ3n) is 3.26. The molecule has 1 fully saturated rings. The summed E-state index contributed by atoms with van der Waals surface area (Å²) in [6, 6.07) is 0. The molecule has 0 N–H and O–H groups in total. The molecule has 0 radical (unpaired) electrons. The molecule has 0 spiro atoms. The average molecular weight is 198 g/mol. The van der Waals surface area contributed by atoms with Gasteiger partial charge >= 0.3 is 0 Å². The first kappa shape index (κ1) is 12.0. The maximum atomic E-state index is 2.58. The lowest BCUT2D eigenvalue weighted by Gasteiger charge is -2.46. The van der Waals surface area contributed by atoms with Gasteiger partial charge in [0.15, 0.2) is 0 Å². The third kappa shape index (κ3) is 3.58. The van der Waals surface area contributed by atoms with Crippen molar-refractivity contribution in [3.8, 4) is 0 Å². The van der Waals surface area contributed by atoms with Crippen LogP contribution in [0.15, 0.2) is 0 Å². The van der Waals surface area contributed by atoms with Crippen molar-refractivity contribution in [1.82, 2.24) is 9.80 Å². The Balaban J connectivity index is 2.05. The summed E-state index contributed by atoms with van der Waals surface area (Å²) in [6.07, 6.45) is 1.31. The van der Waals surface area contributed by atoms with E-state index in [1.165, 1.54) is 32.6 Å². The van der Waals surface area contributed by atoms with Crippen molar-refractivity contribution in [3.63, 3.8) is 0 Å². The predicted octanol–water partition coefficient (Wildman–Crippen LogP) is 1.92. The third-order valence-corrected chi connectivity index (χ3v) is 3.26. The maximum absolute atomic E-state index is 2.58. The zero-order valence-electron chi connectivity index (χ0n) is 10.5. The lowest BCUT2D eigenvalue weighted by Crippen LogP contribution is -2.52. The van der Waals surface area contributed by atoms with Gasteiger partial charge in [0, 0.05) is 13.1 Å². The Labute approximate surface area is 89.3 Å². The van der Waals surface area contributed by atoms with Gasteiger partial charge in [0.05, 0.1) is 0 Å². The maximum Gasteiger partial charge on any atom is 0.00270 e. The second-order valence-electron chi connectivity index (χ2n) is 5.98. The van der Waals surface area contributed by atoms with Crippen LogP contribution >= 0.6 is 0 Å². The van der Waals surface area contributed by atoms with Crippen molar-refractivity contribution < 1.29 is 0 Å². The van der Waals surface area contributed by atoms with Crippen LogP contribution in [0, 0.1) is 11.3 Å². The highest BCUT2D eigenvalue weighted by atomic mass is 15.2. The highest BCUT2D eigenvalue weighted by molar-refractivity contribution is 4.87. The number of hydrogen-bond donors (Lipinski definition) is 0. The van der Waals surface area contributed by atoms with E-state index in [1.807, 2.05) is 0 Å². The van der Waals surface area contributed by atoms with Crippen LogP contribution in [0.2, 0.25) is 0 Å². The molecule has 1 rings (SSSR count). The minimum absolute atomic E-state index is 0.512. The van der Waals surface area contributed by atoms with Gasteiger partial charge < -0.3 is 9.80 Å². The van der Waals surface area contributed by atoms with Gasteiger partial charge in [-0.15, -0.1) is 0 Å². The lowest BCUT2D eigenvalue weighted by molar-refractivity contribution is 0.0232. The Kier molecular flexibility index (Phi) is 3.96. The monoisotopic (exact) mass is 198 g/mol. The summed E-state index contributed by atoms with van der Waals surface area (Å²) in [5.41, 5.74) is 0.512. The van der Waals surface area contributed by atoms with Crippen molar-refractivity contribution in [3.05, 3.63) is 0 Å². The summed E-state index contributed by atoms with van der Waals surface area (Å²) in [6.45, 7) is 12.2. The summed E-state index contributed by atoms with van der Waals surface area (Å²) < 4.78 is 0. The van der Waals surface area contributed by atoms with Gasteiger partial charge in [0.1, 0.15) is 0 Å². The fourth-order valence-corrected chi connectivity index (χ4v) is 1.91. The molecular weight excluding hydrogens is 172 g/mol. The number of hydrogen-bond acceptors (Lipinski definition) is 2. The molecule has 0 aromatic carbocycles. The van der Waals surface area contributed by atoms with Crippen LogP contribution < -0.4 is 0 Å². The van der Waals surface area contributed by atoms with E-state index >= 15 is 0 Å². The zero-order valence-corrected chi connectivity index (χ0v) is 10.5. The molecular formula is C12H26N2. The smallest absolute Gasteiger partial charge is 0.00270 e. The van der Waals surface area contributed by atoms with Crippen molar-refractivity contribution in [2.24, 2.45) is 11.3 Å². The molecule has 14 heavy (non-hydrogen) atoms. The number of nitrogens with zero attached hydrogens (tertiary/aromatic N) is 2. The minimum atomic E-state index is 0.512. The van der Waals surface area contributed by atoms with Gasteiger partial charge in [0.25, 0.3) is 0 Å². The summed E-state index contributed by atoms with van der Waals surface area (Å²) in [4.78, 5) is 4.85. The molecule has 0 aromatic rings. The summed E-state index contributed by atoms with van der Waals surface area (Å²) in [5.74, 6) is 0.918. The molecule has 2 nitrogen and oxygen atoms in total. The molecule has 0 aromatic heterocycles. The van der Waals surface area contributed by atoms with E-state index in [0.717, 1.165) is 5.92 Å². The second kappa shape index (κ2) is 4.63. The Morgan fingerprint density at radius 3 is 2.21 bits per heavy atom. The van der Waals surface area contributed by atoms with Crippen LogP contribution in [0.5, 0.6) is 0 Å². The highest BCUT2D eigenvalue weighted by Crippen LogP contribution is 2.33. The lowest BCUT2D eigenvalue weighted by atomic mass is 9.76. The predicted molar refractivity (Wildman–Crippen MR) is 62.6 cm³/mol. The van der Waals surface area contributed by atoms with Crippen LogP contribution in [0.4, 0.5) is 0 Å². The molecule has 1 aliphatic heterocycles. The van der Waals surface area contributed by atoms with E-state index in [2.05, 4.69) is 44.7 Å². The first-order valence-electron chi connectivity index (χ1n) is 5.76. The van der Waals surface area contributed by atoms with Crippen LogP contribution in [0.1, 0.15) is 27.2 Å².